The number of hydrogen-bond donors (Lipinski definition) is 1. The molecule has 2 nitrogen and oxygen atoms in total. The third-order valence-electron chi connectivity index (χ3n) is 5.12. The predicted octanol–water partition coefficient (Wildman–Crippen LogP) is 3.34. The van der Waals surface area contributed by atoms with Crippen LogP contribution in [0.15, 0.2) is 24.3 Å². The van der Waals surface area contributed by atoms with Gasteiger partial charge in [-0.1, -0.05) is 31.2 Å². The van der Waals surface area contributed by atoms with E-state index in [4.69, 9.17) is 0 Å². The minimum absolute atomic E-state index is 0.559. The summed E-state index contributed by atoms with van der Waals surface area (Å²) in [5.74, 6) is 0.932. The van der Waals surface area contributed by atoms with Crippen molar-refractivity contribution >= 4 is 0 Å². The first-order chi connectivity index (χ1) is 9.25. The normalized spacial score (nSPS) is 31.2. The lowest BCUT2D eigenvalue weighted by atomic mass is 9.85. The van der Waals surface area contributed by atoms with Crippen molar-refractivity contribution in [3.05, 3.63) is 35.4 Å². The number of nitrogens with one attached hydrogen (secondary N) is 1. The topological polar surface area (TPSA) is 15.3 Å². The van der Waals surface area contributed by atoms with Crippen LogP contribution >= 0.6 is 0 Å². The van der Waals surface area contributed by atoms with Crippen molar-refractivity contribution in [3.63, 3.8) is 0 Å². The van der Waals surface area contributed by atoms with Crippen LogP contribution in [0.25, 0.3) is 0 Å². The molecular weight excluding hydrogens is 232 g/mol. The van der Waals surface area contributed by atoms with Crippen LogP contribution in [0.1, 0.15) is 49.8 Å². The molecule has 1 aliphatic heterocycles. The van der Waals surface area contributed by atoms with Crippen LogP contribution in [0.3, 0.4) is 0 Å². The van der Waals surface area contributed by atoms with Crippen LogP contribution in [0, 0.1) is 5.92 Å². The average Bonchev–Trinajstić information content (AvgIpc) is 2.47. The van der Waals surface area contributed by atoms with Gasteiger partial charge in [-0.15, -0.1) is 0 Å². The molecule has 1 saturated carbocycles. The molecule has 1 aliphatic carbocycles. The molecule has 0 saturated heterocycles. The van der Waals surface area contributed by atoms with Crippen LogP contribution in [0.4, 0.5) is 0 Å². The van der Waals surface area contributed by atoms with Gasteiger partial charge in [-0.2, -0.15) is 0 Å². The van der Waals surface area contributed by atoms with Crippen molar-refractivity contribution in [1.82, 2.24) is 10.2 Å². The van der Waals surface area contributed by atoms with E-state index in [1.165, 1.54) is 31.2 Å². The summed E-state index contributed by atoms with van der Waals surface area (Å²) >= 11 is 0. The first kappa shape index (κ1) is 13.1. The minimum Gasteiger partial charge on any atom is -0.311 e. The third-order valence-corrected chi connectivity index (χ3v) is 5.12. The van der Waals surface area contributed by atoms with E-state index in [0.717, 1.165) is 25.0 Å². The summed E-state index contributed by atoms with van der Waals surface area (Å²) in [6.07, 6.45) is 5.54. The van der Waals surface area contributed by atoms with Gasteiger partial charge in [0.2, 0.25) is 0 Å². The van der Waals surface area contributed by atoms with Crippen LogP contribution < -0.4 is 5.32 Å². The molecule has 1 N–H and O–H groups in total. The van der Waals surface area contributed by atoms with Gasteiger partial charge in [-0.05, 0) is 49.8 Å². The van der Waals surface area contributed by atoms with Crippen LogP contribution in [-0.4, -0.2) is 24.5 Å². The van der Waals surface area contributed by atoms with E-state index in [-0.39, 0.29) is 0 Å². The lowest BCUT2D eigenvalue weighted by Crippen LogP contribution is -2.43. The van der Waals surface area contributed by atoms with E-state index in [0.29, 0.717) is 6.04 Å². The van der Waals surface area contributed by atoms with Gasteiger partial charge >= 0.3 is 0 Å². The van der Waals surface area contributed by atoms with Crippen LogP contribution in [0.2, 0.25) is 0 Å². The van der Waals surface area contributed by atoms with Gasteiger partial charge < -0.3 is 5.32 Å². The smallest absolute Gasteiger partial charge is 0.0475 e. The van der Waals surface area contributed by atoms with Gasteiger partial charge in [-0.3, -0.25) is 4.90 Å². The summed E-state index contributed by atoms with van der Waals surface area (Å²) in [5, 5.41) is 3.58. The van der Waals surface area contributed by atoms with Crippen molar-refractivity contribution < 1.29 is 0 Å². The first-order valence-electron chi connectivity index (χ1n) is 7.76. The summed E-state index contributed by atoms with van der Waals surface area (Å²) in [5.41, 5.74) is 3.03. The third kappa shape index (κ3) is 2.70. The largest absolute Gasteiger partial charge is 0.311 e. The van der Waals surface area contributed by atoms with Crippen molar-refractivity contribution in [1.29, 1.82) is 0 Å². The number of nitrogens with zero attached hydrogens (tertiary/aromatic N) is 1. The fraction of sp³-hybridized carbons (Fsp3) is 0.647. The van der Waals surface area contributed by atoms with E-state index in [1.807, 2.05) is 0 Å². The maximum absolute atomic E-state index is 3.58. The molecule has 0 radical (unpaired) electrons. The Morgan fingerprint density at radius 1 is 1.11 bits per heavy atom. The van der Waals surface area contributed by atoms with Gasteiger partial charge in [0.25, 0.3) is 0 Å². The number of rotatable bonds is 2. The molecule has 2 heteroatoms. The Morgan fingerprint density at radius 2 is 1.84 bits per heavy atom. The molecule has 1 atom stereocenters. The molecular formula is C17H26N2. The zero-order chi connectivity index (χ0) is 13.2. The van der Waals surface area contributed by atoms with Crippen molar-refractivity contribution in [2.75, 3.05) is 13.6 Å². The molecule has 0 aromatic heterocycles. The summed E-state index contributed by atoms with van der Waals surface area (Å²) in [6, 6.07) is 10.3. The van der Waals surface area contributed by atoms with Crippen molar-refractivity contribution in [2.45, 2.75) is 51.2 Å². The van der Waals surface area contributed by atoms with Crippen molar-refractivity contribution in [3.8, 4) is 0 Å². The standard InChI is InChI=1S/C17H26N2/c1-13-7-9-15(10-8-13)19(2)17-12-18-11-14-5-3-4-6-16(14)17/h3-6,13,15,17-18H,7-12H2,1-2H3. The van der Waals surface area contributed by atoms with E-state index >= 15 is 0 Å². The average molecular weight is 258 g/mol. The molecule has 1 unspecified atom stereocenters. The SMILES string of the molecule is CC1CCC(N(C)C2CNCc3ccccc32)CC1. The Hall–Kier alpha value is -0.860. The quantitative estimate of drug-likeness (QED) is 0.875. The fourth-order valence-electron chi connectivity index (χ4n) is 3.74. The zero-order valence-electron chi connectivity index (χ0n) is 12.2. The van der Waals surface area contributed by atoms with E-state index < -0.39 is 0 Å². The Labute approximate surface area is 117 Å². The van der Waals surface area contributed by atoms with Gasteiger partial charge in [0.1, 0.15) is 0 Å². The summed E-state index contributed by atoms with van der Waals surface area (Å²) in [7, 11) is 2.33. The molecule has 0 amide bonds. The highest BCUT2D eigenvalue weighted by Gasteiger charge is 2.29. The van der Waals surface area contributed by atoms with Crippen LogP contribution in [-0.2, 0) is 6.54 Å². The van der Waals surface area contributed by atoms with Crippen molar-refractivity contribution in [2.24, 2.45) is 5.92 Å². The second-order valence-electron chi connectivity index (χ2n) is 6.42. The molecule has 1 fully saturated rings. The van der Waals surface area contributed by atoms with Gasteiger partial charge in [0.05, 0.1) is 0 Å². The molecule has 104 valence electrons. The number of benzene rings is 1. The zero-order valence-corrected chi connectivity index (χ0v) is 12.2. The second-order valence-corrected chi connectivity index (χ2v) is 6.42. The molecule has 1 aromatic carbocycles. The number of fused-ring (bicyclic) bond motifs is 1. The number of hydrogen-bond acceptors (Lipinski definition) is 2. The summed E-state index contributed by atoms with van der Waals surface area (Å²) in [4.78, 5) is 2.64. The summed E-state index contributed by atoms with van der Waals surface area (Å²) in [6.45, 7) is 4.52. The fourth-order valence-corrected chi connectivity index (χ4v) is 3.74. The highest BCUT2D eigenvalue weighted by Crippen LogP contribution is 2.33. The minimum atomic E-state index is 0.559. The number of likely N-dealkylation sites (N-methyl/N-ethyl adjacent to an activating group) is 1. The lowest BCUT2D eigenvalue weighted by Gasteiger charge is -2.41. The Balaban J connectivity index is 1.75. The van der Waals surface area contributed by atoms with Crippen LogP contribution in [0.5, 0.6) is 0 Å². The first-order valence-corrected chi connectivity index (χ1v) is 7.76. The van der Waals surface area contributed by atoms with Gasteiger partial charge in [0, 0.05) is 25.2 Å². The molecule has 2 aliphatic rings. The van der Waals surface area contributed by atoms with E-state index in [2.05, 4.69) is 48.5 Å². The maximum atomic E-state index is 3.58. The molecule has 19 heavy (non-hydrogen) atoms. The molecule has 0 bridgehead atoms. The highest BCUT2D eigenvalue weighted by atomic mass is 15.2. The Bertz CT molecular complexity index is 421. The Kier molecular flexibility index (Phi) is 3.90. The van der Waals surface area contributed by atoms with E-state index in [9.17, 15) is 0 Å². The van der Waals surface area contributed by atoms with Gasteiger partial charge in [0.15, 0.2) is 0 Å². The molecule has 3 rings (SSSR count). The second kappa shape index (κ2) is 5.64. The predicted molar refractivity (Wildman–Crippen MR) is 80.1 cm³/mol. The van der Waals surface area contributed by atoms with Gasteiger partial charge in [-0.25, -0.2) is 0 Å². The molecule has 1 aromatic rings. The monoisotopic (exact) mass is 258 g/mol. The Morgan fingerprint density at radius 3 is 2.63 bits per heavy atom. The maximum Gasteiger partial charge on any atom is 0.0475 e. The molecule has 0 spiro atoms. The highest BCUT2D eigenvalue weighted by molar-refractivity contribution is 5.32. The molecule has 1 heterocycles. The lowest BCUT2D eigenvalue weighted by molar-refractivity contribution is 0.117. The van der Waals surface area contributed by atoms with E-state index in [1.54, 1.807) is 5.56 Å². The summed E-state index contributed by atoms with van der Waals surface area (Å²) < 4.78 is 0.